The van der Waals surface area contributed by atoms with Gasteiger partial charge >= 0.3 is 0 Å². The first-order valence-electron chi connectivity index (χ1n) is 6.01. The molecular weight excluding hydrogens is 282 g/mol. The average molecular weight is 302 g/mol. The Bertz CT molecular complexity index is 395. The summed E-state index contributed by atoms with van der Waals surface area (Å²) >= 11 is 3.56. The predicted molar refractivity (Wildman–Crippen MR) is 72.8 cm³/mol. The fourth-order valence-electron chi connectivity index (χ4n) is 2.59. The number of aromatic nitrogens is 2. The molecule has 1 aliphatic rings. The van der Waals surface area contributed by atoms with Crippen molar-refractivity contribution in [2.24, 2.45) is 7.05 Å². The molecule has 1 aromatic rings. The molecule has 1 aromatic heterocycles. The largest absolute Gasteiger partial charge is 0.372 e. The van der Waals surface area contributed by atoms with E-state index in [0.717, 1.165) is 24.1 Å². The van der Waals surface area contributed by atoms with Gasteiger partial charge in [-0.05, 0) is 20.8 Å². The van der Waals surface area contributed by atoms with E-state index in [1.165, 1.54) is 11.4 Å². The minimum absolute atomic E-state index is 0.275. The van der Waals surface area contributed by atoms with Crippen LogP contribution in [0.3, 0.4) is 0 Å². The van der Waals surface area contributed by atoms with E-state index in [2.05, 4.69) is 46.7 Å². The van der Waals surface area contributed by atoms with Gasteiger partial charge in [0.05, 0.1) is 17.9 Å². The molecule has 1 saturated heterocycles. The van der Waals surface area contributed by atoms with Crippen molar-refractivity contribution < 1.29 is 4.74 Å². The smallest absolute Gasteiger partial charge is 0.131 e. The van der Waals surface area contributed by atoms with Crippen molar-refractivity contribution in [3.05, 3.63) is 11.3 Å². The molecule has 1 aliphatic heterocycles. The van der Waals surface area contributed by atoms with E-state index in [9.17, 15) is 0 Å². The van der Waals surface area contributed by atoms with E-state index >= 15 is 0 Å². The number of ether oxygens (including phenoxy) is 1. The lowest BCUT2D eigenvalue weighted by atomic mass is 10.2. The number of nitrogens with zero attached hydrogens (tertiary/aromatic N) is 3. The first-order valence-corrected chi connectivity index (χ1v) is 7.14. The summed E-state index contributed by atoms with van der Waals surface area (Å²) in [4.78, 5) is 2.38. The van der Waals surface area contributed by atoms with Crippen LogP contribution in [0.4, 0.5) is 5.82 Å². The van der Waals surface area contributed by atoms with Crippen molar-refractivity contribution in [2.75, 3.05) is 18.0 Å². The average Bonchev–Trinajstić information content (AvgIpc) is 2.51. The zero-order valence-electron chi connectivity index (χ0n) is 10.9. The molecule has 2 heterocycles. The second-order valence-corrected chi connectivity index (χ2v) is 5.37. The summed E-state index contributed by atoms with van der Waals surface area (Å²) < 4.78 is 7.76. The third-order valence-electron chi connectivity index (χ3n) is 3.17. The number of hydrogen-bond donors (Lipinski definition) is 0. The van der Waals surface area contributed by atoms with Crippen molar-refractivity contribution in [1.82, 2.24) is 9.78 Å². The lowest BCUT2D eigenvalue weighted by Gasteiger charge is -2.37. The highest BCUT2D eigenvalue weighted by Crippen LogP contribution is 2.28. The first kappa shape index (κ1) is 12.9. The van der Waals surface area contributed by atoms with Gasteiger partial charge in [-0.1, -0.05) is 15.9 Å². The van der Waals surface area contributed by atoms with Crippen LogP contribution in [-0.2, 0) is 17.1 Å². The number of alkyl halides is 1. The van der Waals surface area contributed by atoms with Crippen LogP contribution >= 0.6 is 15.9 Å². The molecule has 96 valence electrons. The fourth-order valence-corrected chi connectivity index (χ4v) is 3.25. The van der Waals surface area contributed by atoms with Gasteiger partial charge in [-0.3, -0.25) is 4.68 Å². The Morgan fingerprint density at radius 3 is 2.47 bits per heavy atom. The van der Waals surface area contributed by atoms with Gasteiger partial charge in [0, 0.05) is 31.0 Å². The molecule has 2 atom stereocenters. The Morgan fingerprint density at radius 1 is 1.35 bits per heavy atom. The zero-order valence-corrected chi connectivity index (χ0v) is 12.5. The molecular formula is C12H20BrN3O. The Morgan fingerprint density at radius 2 is 1.94 bits per heavy atom. The number of rotatable bonds is 2. The van der Waals surface area contributed by atoms with Crippen molar-refractivity contribution in [1.29, 1.82) is 0 Å². The molecule has 1 fully saturated rings. The summed E-state index contributed by atoms with van der Waals surface area (Å²) in [5.41, 5.74) is 2.39. The topological polar surface area (TPSA) is 30.3 Å². The minimum Gasteiger partial charge on any atom is -0.372 e. The molecule has 0 spiro atoms. The van der Waals surface area contributed by atoms with Crippen LogP contribution in [0.1, 0.15) is 25.1 Å². The lowest BCUT2D eigenvalue weighted by molar-refractivity contribution is -0.00568. The molecule has 0 aliphatic carbocycles. The molecule has 0 N–H and O–H groups in total. The van der Waals surface area contributed by atoms with Gasteiger partial charge in [0.25, 0.3) is 0 Å². The van der Waals surface area contributed by atoms with E-state index < -0.39 is 0 Å². The van der Waals surface area contributed by atoms with E-state index in [0.29, 0.717) is 0 Å². The van der Waals surface area contributed by atoms with E-state index in [4.69, 9.17) is 4.74 Å². The monoisotopic (exact) mass is 301 g/mol. The van der Waals surface area contributed by atoms with Crippen LogP contribution in [-0.4, -0.2) is 35.1 Å². The van der Waals surface area contributed by atoms with Crippen LogP contribution in [0, 0.1) is 6.92 Å². The first-order chi connectivity index (χ1) is 8.02. The summed E-state index contributed by atoms with van der Waals surface area (Å²) in [5.74, 6) is 1.22. The lowest BCUT2D eigenvalue weighted by Crippen LogP contribution is -2.46. The molecule has 2 unspecified atom stereocenters. The third kappa shape index (κ3) is 2.50. The van der Waals surface area contributed by atoms with Gasteiger partial charge < -0.3 is 9.64 Å². The molecule has 2 rings (SSSR count). The van der Waals surface area contributed by atoms with E-state index in [1.54, 1.807) is 0 Å². The molecule has 17 heavy (non-hydrogen) atoms. The SMILES string of the molecule is Cc1nn(C)c(N2CC(C)OC(C)C2)c1CBr. The Hall–Kier alpha value is -0.550. The number of morpholine rings is 1. The predicted octanol–water partition coefficient (Wildman–Crippen LogP) is 2.24. The second kappa shape index (κ2) is 4.98. The second-order valence-electron chi connectivity index (χ2n) is 4.81. The number of hydrogen-bond acceptors (Lipinski definition) is 3. The van der Waals surface area contributed by atoms with Crippen LogP contribution in [0.25, 0.3) is 0 Å². The summed E-state index contributed by atoms with van der Waals surface area (Å²) in [6, 6.07) is 0. The maximum atomic E-state index is 5.77. The summed E-state index contributed by atoms with van der Waals surface area (Å²) in [6.07, 6.45) is 0.550. The van der Waals surface area contributed by atoms with E-state index in [-0.39, 0.29) is 12.2 Å². The minimum atomic E-state index is 0.275. The van der Waals surface area contributed by atoms with Gasteiger partial charge in [0.2, 0.25) is 0 Å². The molecule has 0 bridgehead atoms. The van der Waals surface area contributed by atoms with Gasteiger partial charge in [-0.2, -0.15) is 5.10 Å². The molecule has 0 aromatic carbocycles. The summed E-state index contributed by atoms with van der Waals surface area (Å²) in [6.45, 7) is 8.18. The van der Waals surface area contributed by atoms with E-state index in [1.807, 2.05) is 11.7 Å². The number of halogens is 1. The van der Waals surface area contributed by atoms with Crippen molar-refractivity contribution in [3.8, 4) is 0 Å². The van der Waals surface area contributed by atoms with Gasteiger partial charge in [0.1, 0.15) is 5.82 Å². The van der Waals surface area contributed by atoms with Gasteiger partial charge in [-0.15, -0.1) is 0 Å². The van der Waals surface area contributed by atoms with Crippen LogP contribution in [0.5, 0.6) is 0 Å². The summed E-state index contributed by atoms with van der Waals surface area (Å²) in [7, 11) is 2.01. The Balaban J connectivity index is 2.32. The van der Waals surface area contributed by atoms with Crippen molar-refractivity contribution in [2.45, 2.75) is 38.3 Å². The summed E-state index contributed by atoms with van der Waals surface area (Å²) in [5, 5.41) is 5.36. The van der Waals surface area contributed by atoms with Gasteiger partial charge in [-0.25, -0.2) is 0 Å². The standard InChI is InChI=1S/C12H20BrN3O/c1-8-6-16(7-9(2)17-8)12-11(5-13)10(3)14-15(12)4/h8-9H,5-7H2,1-4H3. The molecule has 4 nitrogen and oxygen atoms in total. The van der Waals surface area contributed by atoms with Crippen LogP contribution < -0.4 is 4.90 Å². The highest BCUT2D eigenvalue weighted by atomic mass is 79.9. The number of aryl methyl sites for hydroxylation is 2. The normalized spacial score (nSPS) is 25.4. The molecule has 0 radical (unpaired) electrons. The maximum absolute atomic E-state index is 5.77. The quantitative estimate of drug-likeness (QED) is 0.785. The highest BCUT2D eigenvalue weighted by Gasteiger charge is 2.26. The highest BCUT2D eigenvalue weighted by molar-refractivity contribution is 9.08. The Labute approximate surface area is 111 Å². The van der Waals surface area contributed by atoms with Crippen LogP contribution in [0.2, 0.25) is 0 Å². The molecule has 0 amide bonds. The molecule has 5 heteroatoms. The van der Waals surface area contributed by atoms with Gasteiger partial charge in [0.15, 0.2) is 0 Å². The van der Waals surface area contributed by atoms with Crippen molar-refractivity contribution >= 4 is 21.7 Å². The third-order valence-corrected chi connectivity index (χ3v) is 3.73. The fraction of sp³-hybridized carbons (Fsp3) is 0.750. The van der Waals surface area contributed by atoms with Crippen LogP contribution in [0.15, 0.2) is 0 Å². The zero-order chi connectivity index (χ0) is 12.6. The number of anilines is 1. The van der Waals surface area contributed by atoms with Crippen molar-refractivity contribution in [3.63, 3.8) is 0 Å². The maximum Gasteiger partial charge on any atom is 0.131 e. The molecule has 0 saturated carbocycles. The Kier molecular flexibility index (Phi) is 3.78.